The number of carbonyl (C=O) groups excluding carboxylic acids is 1. The van der Waals surface area contributed by atoms with Gasteiger partial charge in [0, 0.05) is 29.5 Å². The van der Waals surface area contributed by atoms with Crippen LogP contribution in [0, 0.1) is 5.82 Å². The Balaban J connectivity index is 1.57. The Kier molecular flexibility index (Phi) is 6.26. The van der Waals surface area contributed by atoms with Gasteiger partial charge in [-0.1, -0.05) is 23.7 Å². The Morgan fingerprint density at radius 2 is 2.03 bits per heavy atom. The Labute approximate surface area is 179 Å². The predicted octanol–water partition coefficient (Wildman–Crippen LogP) is 4.81. The molecule has 1 atom stereocenters. The van der Waals surface area contributed by atoms with Gasteiger partial charge in [0.1, 0.15) is 23.9 Å². The molecule has 0 N–H and O–H groups in total. The van der Waals surface area contributed by atoms with E-state index in [-0.39, 0.29) is 24.4 Å². The number of pyridine rings is 1. The summed E-state index contributed by atoms with van der Waals surface area (Å²) in [5, 5.41) is 0.666. The number of nitrogens with zero attached hydrogens (tertiary/aromatic N) is 2. The number of ether oxygens (including phenoxy) is 2. The van der Waals surface area contributed by atoms with Crippen molar-refractivity contribution in [2.24, 2.45) is 0 Å². The van der Waals surface area contributed by atoms with E-state index in [1.807, 2.05) is 24.3 Å². The molecule has 0 radical (unpaired) electrons. The van der Waals surface area contributed by atoms with E-state index >= 15 is 0 Å². The second-order valence-corrected chi connectivity index (χ2v) is 7.40. The van der Waals surface area contributed by atoms with Gasteiger partial charge in [-0.05, 0) is 54.4 Å². The molecule has 7 heteroatoms. The van der Waals surface area contributed by atoms with E-state index in [0.717, 1.165) is 11.1 Å². The molecular formula is C23H20ClFN2O3. The summed E-state index contributed by atoms with van der Waals surface area (Å²) in [6.45, 7) is 0.894. The second-order valence-electron chi connectivity index (χ2n) is 6.97. The minimum atomic E-state index is -0.338. The molecule has 4 rings (SSSR count). The van der Waals surface area contributed by atoms with Crippen molar-refractivity contribution >= 4 is 17.5 Å². The monoisotopic (exact) mass is 426 g/mol. The summed E-state index contributed by atoms with van der Waals surface area (Å²) in [6, 6.07) is 14.8. The molecule has 1 aromatic heterocycles. The number of morpholine rings is 1. The summed E-state index contributed by atoms with van der Waals surface area (Å²) in [7, 11) is 0. The molecule has 1 amide bonds. The molecule has 1 aliphatic heterocycles. The molecule has 1 unspecified atom stereocenters. The van der Waals surface area contributed by atoms with Gasteiger partial charge in [0.2, 0.25) is 5.91 Å². The van der Waals surface area contributed by atoms with Crippen LogP contribution in [0.4, 0.5) is 4.39 Å². The summed E-state index contributed by atoms with van der Waals surface area (Å²) >= 11 is 6.08. The van der Waals surface area contributed by atoms with Gasteiger partial charge in [-0.25, -0.2) is 4.39 Å². The topological polar surface area (TPSA) is 51.7 Å². The third kappa shape index (κ3) is 4.78. The molecule has 2 heterocycles. The summed E-state index contributed by atoms with van der Waals surface area (Å²) in [5.41, 5.74) is 1.79. The number of carbonyl (C=O) groups is 1. The van der Waals surface area contributed by atoms with Crippen molar-refractivity contribution in [1.82, 2.24) is 9.88 Å². The first-order chi connectivity index (χ1) is 14.6. The number of rotatable bonds is 6. The first-order valence-electron chi connectivity index (χ1n) is 9.59. The molecule has 30 heavy (non-hydrogen) atoms. The Bertz CT molecular complexity index is 1030. The number of benzene rings is 2. The SMILES string of the molecule is O=C1COCC(c2cnccc2Oc2ccc(F)cc2)N1CCc1cccc(Cl)c1. The first kappa shape index (κ1) is 20.3. The number of hydrogen-bond donors (Lipinski definition) is 0. The minimum absolute atomic E-state index is 0.0421. The maximum absolute atomic E-state index is 13.2. The third-order valence-electron chi connectivity index (χ3n) is 4.94. The van der Waals surface area contributed by atoms with Crippen molar-refractivity contribution in [2.75, 3.05) is 19.8 Å². The van der Waals surface area contributed by atoms with Crippen LogP contribution in [-0.2, 0) is 16.0 Å². The van der Waals surface area contributed by atoms with Crippen LogP contribution >= 0.6 is 11.6 Å². The number of hydrogen-bond acceptors (Lipinski definition) is 4. The molecule has 1 aliphatic rings. The molecule has 5 nitrogen and oxygen atoms in total. The van der Waals surface area contributed by atoms with Gasteiger partial charge in [-0.15, -0.1) is 0 Å². The van der Waals surface area contributed by atoms with Crippen LogP contribution < -0.4 is 4.74 Å². The highest BCUT2D eigenvalue weighted by molar-refractivity contribution is 6.30. The van der Waals surface area contributed by atoms with E-state index in [0.29, 0.717) is 36.1 Å². The van der Waals surface area contributed by atoms with E-state index in [4.69, 9.17) is 21.1 Å². The minimum Gasteiger partial charge on any atom is -0.457 e. The van der Waals surface area contributed by atoms with Crippen molar-refractivity contribution < 1.29 is 18.7 Å². The fourth-order valence-corrected chi connectivity index (χ4v) is 3.66. The van der Waals surface area contributed by atoms with Crippen LogP contribution in [-0.4, -0.2) is 35.5 Å². The van der Waals surface area contributed by atoms with Crippen molar-refractivity contribution in [3.8, 4) is 11.5 Å². The zero-order valence-electron chi connectivity index (χ0n) is 16.1. The lowest BCUT2D eigenvalue weighted by Gasteiger charge is -2.36. The van der Waals surface area contributed by atoms with Gasteiger partial charge in [0.25, 0.3) is 0 Å². The molecule has 1 saturated heterocycles. The number of aromatic nitrogens is 1. The molecule has 1 fully saturated rings. The largest absolute Gasteiger partial charge is 0.457 e. The highest BCUT2D eigenvalue weighted by Crippen LogP contribution is 2.34. The van der Waals surface area contributed by atoms with Crippen molar-refractivity contribution in [3.63, 3.8) is 0 Å². The van der Waals surface area contributed by atoms with Crippen LogP contribution in [0.2, 0.25) is 5.02 Å². The summed E-state index contributed by atoms with van der Waals surface area (Å²) in [6.07, 6.45) is 3.96. The summed E-state index contributed by atoms with van der Waals surface area (Å²) in [4.78, 5) is 18.7. The molecule has 3 aromatic rings. The smallest absolute Gasteiger partial charge is 0.249 e. The van der Waals surface area contributed by atoms with Crippen molar-refractivity contribution in [3.05, 3.63) is 89.0 Å². The molecule has 154 valence electrons. The van der Waals surface area contributed by atoms with Gasteiger partial charge in [0.15, 0.2) is 0 Å². The van der Waals surface area contributed by atoms with Gasteiger partial charge < -0.3 is 14.4 Å². The lowest BCUT2D eigenvalue weighted by Crippen LogP contribution is -2.45. The zero-order chi connectivity index (χ0) is 20.9. The molecule has 0 bridgehead atoms. The summed E-state index contributed by atoms with van der Waals surface area (Å²) < 4.78 is 24.7. The average Bonchev–Trinajstić information content (AvgIpc) is 2.75. The summed E-state index contributed by atoms with van der Waals surface area (Å²) in [5.74, 6) is 0.616. The van der Waals surface area contributed by atoms with E-state index in [1.54, 1.807) is 35.5 Å². The Morgan fingerprint density at radius 3 is 2.83 bits per heavy atom. The van der Waals surface area contributed by atoms with E-state index < -0.39 is 0 Å². The second kappa shape index (κ2) is 9.24. The zero-order valence-corrected chi connectivity index (χ0v) is 16.9. The van der Waals surface area contributed by atoms with Crippen molar-refractivity contribution in [2.45, 2.75) is 12.5 Å². The fraction of sp³-hybridized carbons (Fsp3) is 0.217. The van der Waals surface area contributed by atoms with Crippen LogP contribution in [0.25, 0.3) is 0 Å². The fourth-order valence-electron chi connectivity index (χ4n) is 3.45. The molecule has 0 saturated carbocycles. The van der Waals surface area contributed by atoms with Crippen LogP contribution in [0.15, 0.2) is 67.0 Å². The standard InChI is InChI=1S/C23H20ClFN2O3/c24-17-3-1-2-16(12-17)9-11-27-21(14-29-15-23(27)28)20-13-26-10-8-22(20)30-19-6-4-18(25)5-7-19/h1-8,10,12-13,21H,9,11,14-15H2. The molecule has 2 aromatic carbocycles. The van der Waals surface area contributed by atoms with E-state index in [9.17, 15) is 9.18 Å². The molecular weight excluding hydrogens is 407 g/mol. The Hall–Kier alpha value is -2.96. The van der Waals surface area contributed by atoms with Crippen molar-refractivity contribution in [1.29, 1.82) is 0 Å². The van der Waals surface area contributed by atoms with E-state index in [1.165, 1.54) is 12.1 Å². The number of amides is 1. The quantitative estimate of drug-likeness (QED) is 0.567. The normalized spacial score (nSPS) is 16.5. The van der Waals surface area contributed by atoms with Gasteiger partial charge >= 0.3 is 0 Å². The highest BCUT2D eigenvalue weighted by Gasteiger charge is 2.32. The maximum Gasteiger partial charge on any atom is 0.249 e. The van der Waals surface area contributed by atoms with Gasteiger partial charge in [-0.3, -0.25) is 9.78 Å². The van der Waals surface area contributed by atoms with Gasteiger partial charge in [-0.2, -0.15) is 0 Å². The molecule has 0 spiro atoms. The lowest BCUT2D eigenvalue weighted by molar-refractivity contribution is -0.148. The third-order valence-corrected chi connectivity index (χ3v) is 5.17. The number of halogens is 2. The predicted molar refractivity (Wildman–Crippen MR) is 111 cm³/mol. The van der Waals surface area contributed by atoms with E-state index in [2.05, 4.69) is 4.98 Å². The van der Waals surface area contributed by atoms with Crippen LogP contribution in [0.3, 0.4) is 0 Å². The van der Waals surface area contributed by atoms with Crippen LogP contribution in [0.5, 0.6) is 11.5 Å². The first-order valence-corrected chi connectivity index (χ1v) is 9.97. The van der Waals surface area contributed by atoms with Gasteiger partial charge in [0.05, 0.1) is 12.6 Å². The Morgan fingerprint density at radius 1 is 1.20 bits per heavy atom. The molecule has 0 aliphatic carbocycles. The maximum atomic E-state index is 13.2. The lowest BCUT2D eigenvalue weighted by atomic mass is 10.0. The van der Waals surface area contributed by atoms with Crippen LogP contribution in [0.1, 0.15) is 17.2 Å². The highest BCUT2D eigenvalue weighted by atomic mass is 35.5. The average molecular weight is 427 g/mol.